The van der Waals surface area contributed by atoms with Crippen LogP contribution in [0.3, 0.4) is 0 Å². The number of carbonyl (C=O) groups excluding carboxylic acids is 1. The van der Waals surface area contributed by atoms with Crippen LogP contribution in [0.1, 0.15) is 83.5 Å². The highest BCUT2D eigenvalue weighted by atomic mass is 19.1. The van der Waals surface area contributed by atoms with Gasteiger partial charge in [-0.05, 0) is 45.0 Å². The molecule has 1 aromatic carbocycles. The highest BCUT2D eigenvalue weighted by Crippen LogP contribution is 2.06. The smallest absolute Gasteiger partial charge is 0.251 e. The molecule has 0 bridgehead atoms. The van der Waals surface area contributed by atoms with Crippen molar-refractivity contribution in [3.63, 3.8) is 0 Å². The van der Waals surface area contributed by atoms with Crippen molar-refractivity contribution in [1.82, 2.24) is 5.32 Å². The van der Waals surface area contributed by atoms with Gasteiger partial charge < -0.3 is 5.32 Å². The molecule has 1 aromatic rings. The van der Waals surface area contributed by atoms with Crippen molar-refractivity contribution < 1.29 is 9.18 Å². The second-order valence-electron chi connectivity index (χ2n) is 6.63. The predicted molar refractivity (Wildman–Crippen MR) is 92.7 cm³/mol. The molecule has 0 aromatic heterocycles. The van der Waals surface area contributed by atoms with Gasteiger partial charge >= 0.3 is 0 Å². The summed E-state index contributed by atoms with van der Waals surface area (Å²) in [4.78, 5) is 11.5. The summed E-state index contributed by atoms with van der Waals surface area (Å²) in [7, 11) is 0. The predicted octanol–water partition coefficient (Wildman–Crippen LogP) is 5.72. The number of nitrogens with one attached hydrogen (secondary N) is 1. The molecule has 3 heteroatoms. The van der Waals surface area contributed by atoms with Gasteiger partial charge in [0.2, 0.25) is 0 Å². The molecule has 0 aliphatic rings. The van der Waals surface area contributed by atoms with E-state index in [0.717, 1.165) is 0 Å². The SMILES string of the molecule is CC(C)(C)NC(=O)c1ccc(F)cc1.CCCCCCCC. The first-order valence-corrected chi connectivity index (χ1v) is 8.38. The van der Waals surface area contributed by atoms with E-state index in [1.807, 2.05) is 20.8 Å². The summed E-state index contributed by atoms with van der Waals surface area (Å²) in [5, 5.41) is 2.79. The Morgan fingerprint density at radius 2 is 1.41 bits per heavy atom. The molecule has 0 unspecified atom stereocenters. The maximum Gasteiger partial charge on any atom is 0.251 e. The van der Waals surface area contributed by atoms with Gasteiger partial charge in [0, 0.05) is 11.1 Å². The van der Waals surface area contributed by atoms with E-state index in [-0.39, 0.29) is 17.3 Å². The summed E-state index contributed by atoms with van der Waals surface area (Å²) in [5.41, 5.74) is 0.201. The minimum absolute atomic E-state index is 0.183. The third-order valence-corrected chi connectivity index (χ3v) is 3.05. The van der Waals surface area contributed by atoms with Gasteiger partial charge in [0.05, 0.1) is 0 Å². The van der Waals surface area contributed by atoms with Crippen LogP contribution in [-0.4, -0.2) is 11.4 Å². The Morgan fingerprint density at radius 3 is 1.77 bits per heavy atom. The molecule has 0 aliphatic carbocycles. The van der Waals surface area contributed by atoms with Gasteiger partial charge in [0.15, 0.2) is 0 Å². The second kappa shape index (κ2) is 11.2. The molecule has 1 amide bonds. The average molecular weight is 309 g/mol. The number of unbranched alkanes of at least 4 members (excludes halogenated alkanes) is 5. The molecule has 126 valence electrons. The van der Waals surface area contributed by atoms with Crippen molar-refractivity contribution in [2.75, 3.05) is 0 Å². The minimum Gasteiger partial charge on any atom is -0.347 e. The first-order chi connectivity index (χ1) is 10.3. The molecule has 0 spiro atoms. The Kier molecular flexibility index (Phi) is 10.5. The number of carbonyl (C=O) groups is 1. The zero-order valence-electron chi connectivity index (χ0n) is 14.8. The second-order valence-corrected chi connectivity index (χ2v) is 6.63. The summed E-state index contributed by atoms with van der Waals surface area (Å²) in [6, 6.07) is 5.49. The van der Waals surface area contributed by atoms with Crippen LogP contribution in [0.15, 0.2) is 24.3 Å². The summed E-state index contributed by atoms with van der Waals surface area (Å²) in [6.45, 7) is 10.2. The zero-order chi connectivity index (χ0) is 17.0. The van der Waals surface area contributed by atoms with Crippen LogP contribution in [-0.2, 0) is 0 Å². The molecule has 0 fully saturated rings. The fourth-order valence-electron chi connectivity index (χ4n) is 1.87. The van der Waals surface area contributed by atoms with Crippen molar-refractivity contribution in [2.45, 2.75) is 78.7 Å². The topological polar surface area (TPSA) is 29.1 Å². The zero-order valence-corrected chi connectivity index (χ0v) is 14.8. The lowest BCUT2D eigenvalue weighted by Crippen LogP contribution is -2.40. The number of hydrogen-bond donors (Lipinski definition) is 1. The monoisotopic (exact) mass is 309 g/mol. The van der Waals surface area contributed by atoms with E-state index in [2.05, 4.69) is 19.2 Å². The Balaban J connectivity index is 0.000000472. The van der Waals surface area contributed by atoms with Crippen LogP contribution in [0.2, 0.25) is 0 Å². The lowest BCUT2D eigenvalue weighted by atomic mass is 10.1. The molecule has 2 nitrogen and oxygen atoms in total. The van der Waals surface area contributed by atoms with Crippen molar-refractivity contribution >= 4 is 5.91 Å². The van der Waals surface area contributed by atoms with E-state index < -0.39 is 0 Å². The summed E-state index contributed by atoms with van der Waals surface area (Å²) in [6.07, 6.45) is 8.49. The van der Waals surface area contributed by atoms with Gasteiger partial charge in [-0.2, -0.15) is 0 Å². The number of benzene rings is 1. The molecule has 0 heterocycles. The quantitative estimate of drug-likeness (QED) is 0.669. The molecule has 1 N–H and O–H groups in total. The van der Waals surface area contributed by atoms with Crippen LogP contribution in [0, 0.1) is 5.82 Å². The molecule has 22 heavy (non-hydrogen) atoms. The van der Waals surface area contributed by atoms with Gasteiger partial charge in [-0.1, -0.05) is 52.4 Å². The molecule has 0 radical (unpaired) electrons. The first-order valence-electron chi connectivity index (χ1n) is 8.38. The largest absolute Gasteiger partial charge is 0.347 e. The van der Waals surface area contributed by atoms with E-state index in [1.54, 1.807) is 0 Å². The van der Waals surface area contributed by atoms with E-state index in [0.29, 0.717) is 5.56 Å². The van der Waals surface area contributed by atoms with Crippen LogP contribution in [0.5, 0.6) is 0 Å². The Labute approximate surface area is 135 Å². The maximum absolute atomic E-state index is 12.6. The van der Waals surface area contributed by atoms with Crippen molar-refractivity contribution in [3.8, 4) is 0 Å². The number of amides is 1. The summed E-state index contributed by atoms with van der Waals surface area (Å²) < 4.78 is 12.6. The van der Waals surface area contributed by atoms with Crippen molar-refractivity contribution in [3.05, 3.63) is 35.6 Å². The lowest BCUT2D eigenvalue weighted by Gasteiger charge is -2.20. The third-order valence-electron chi connectivity index (χ3n) is 3.05. The Bertz CT molecular complexity index is 400. The molecule has 0 atom stereocenters. The summed E-state index contributed by atoms with van der Waals surface area (Å²) >= 11 is 0. The van der Waals surface area contributed by atoms with Crippen LogP contribution < -0.4 is 5.32 Å². The van der Waals surface area contributed by atoms with Gasteiger partial charge in [-0.15, -0.1) is 0 Å². The molecular formula is C19H32FNO. The van der Waals surface area contributed by atoms with Gasteiger partial charge in [0.25, 0.3) is 5.91 Å². The van der Waals surface area contributed by atoms with Crippen LogP contribution >= 0.6 is 0 Å². The van der Waals surface area contributed by atoms with E-state index in [9.17, 15) is 9.18 Å². The van der Waals surface area contributed by atoms with Gasteiger partial charge in [-0.3, -0.25) is 4.79 Å². The van der Waals surface area contributed by atoms with Crippen LogP contribution in [0.4, 0.5) is 4.39 Å². The average Bonchev–Trinajstić information content (AvgIpc) is 2.43. The van der Waals surface area contributed by atoms with E-state index >= 15 is 0 Å². The molecule has 0 saturated heterocycles. The van der Waals surface area contributed by atoms with Gasteiger partial charge in [0.1, 0.15) is 5.82 Å². The molecule has 1 rings (SSSR count). The third kappa shape index (κ3) is 11.3. The van der Waals surface area contributed by atoms with Gasteiger partial charge in [-0.25, -0.2) is 4.39 Å². The van der Waals surface area contributed by atoms with E-state index in [1.165, 1.54) is 62.8 Å². The standard InChI is InChI=1S/C11H14FNO.C8H18/c1-11(2,3)13-10(14)8-4-6-9(12)7-5-8;1-3-5-7-8-6-4-2/h4-7H,1-3H3,(H,13,14);3-8H2,1-2H3. The highest BCUT2D eigenvalue weighted by Gasteiger charge is 2.14. The highest BCUT2D eigenvalue weighted by molar-refractivity contribution is 5.94. The number of halogens is 1. The van der Waals surface area contributed by atoms with E-state index in [4.69, 9.17) is 0 Å². The molecule has 0 aliphatic heterocycles. The number of rotatable bonds is 6. The van der Waals surface area contributed by atoms with Crippen molar-refractivity contribution in [1.29, 1.82) is 0 Å². The number of hydrogen-bond acceptors (Lipinski definition) is 1. The maximum atomic E-state index is 12.6. The Hall–Kier alpha value is -1.38. The fraction of sp³-hybridized carbons (Fsp3) is 0.632. The normalized spacial score (nSPS) is 10.6. The lowest BCUT2D eigenvalue weighted by molar-refractivity contribution is 0.0919. The van der Waals surface area contributed by atoms with Crippen molar-refractivity contribution in [2.24, 2.45) is 0 Å². The Morgan fingerprint density at radius 1 is 0.955 bits per heavy atom. The minimum atomic E-state index is -0.336. The van der Waals surface area contributed by atoms with Crippen LogP contribution in [0.25, 0.3) is 0 Å². The molecular weight excluding hydrogens is 277 g/mol. The first kappa shape index (κ1) is 20.6. The summed E-state index contributed by atoms with van der Waals surface area (Å²) in [5.74, 6) is -0.519. The fourth-order valence-corrected chi connectivity index (χ4v) is 1.87. The molecule has 0 saturated carbocycles.